The molecule has 0 amide bonds. The maximum Gasteiger partial charge on any atom is 0.0965 e. The van der Waals surface area contributed by atoms with Crippen LogP contribution in [0, 0.1) is 5.92 Å². The highest BCUT2D eigenvalue weighted by Crippen LogP contribution is 2.22. The van der Waals surface area contributed by atoms with Crippen LogP contribution in [0.1, 0.15) is 24.2 Å². The summed E-state index contributed by atoms with van der Waals surface area (Å²) in [5.41, 5.74) is 3.22. The van der Waals surface area contributed by atoms with E-state index >= 15 is 0 Å². The summed E-state index contributed by atoms with van der Waals surface area (Å²) >= 11 is 0. The van der Waals surface area contributed by atoms with Gasteiger partial charge in [-0.2, -0.15) is 0 Å². The molecule has 1 aromatic heterocycles. The first kappa shape index (κ1) is 17.7. The molecule has 0 aliphatic carbocycles. The minimum atomic E-state index is -0.730. The van der Waals surface area contributed by atoms with Gasteiger partial charge in [-0.05, 0) is 29.5 Å². The van der Waals surface area contributed by atoms with Gasteiger partial charge in [0.15, 0.2) is 0 Å². The van der Waals surface area contributed by atoms with Crippen LogP contribution < -0.4 is 5.32 Å². The fraction of sp³-hybridized carbons (Fsp3) is 0.286. The molecule has 0 aliphatic heterocycles. The molecule has 131 valence electrons. The molecule has 0 aliphatic rings. The average molecular weight is 337 g/mol. The van der Waals surface area contributed by atoms with E-state index in [1.807, 2.05) is 42.5 Å². The zero-order valence-corrected chi connectivity index (χ0v) is 14.4. The van der Waals surface area contributed by atoms with Gasteiger partial charge in [0, 0.05) is 23.6 Å². The van der Waals surface area contributed by atoms with Gasteiger partial charge in [0.2, 0.25) is 0 Å². The molecule has 4 nitrogen and oxygen atoms in total. The Labute approximate surface area is 148 Å². The summed E-state index contributed by atoms with van der Waals surface area (Å²) in [6.45, 7) is 2.63. The van der Waals surface area contributed by atoms with E-state index in [2.05, 4.69) is 35.6 Å². The largest absolute Gasteiger partial charge is 0.395 e. The molecule has 4 N–H and O–H groups in total. The molecule has 25 heavy (non-hydrogen) atoms. The van der Waals surface area contributed by atoms with Crippen LogP contribution in [0.5, 0.6) is 0 Å². The lowest BCUT2D eigenvalue weighted by molar-refractivity contribution is 0.0908. The highest BCUT2D eigenvalue weighted by molar-refractivity contribution is 5.83. The quantitative estimate of drug-likeness (QED) is 0.511. The number of fused-ring (bicyclic) bond motifs is 1. The summed E-state index contributed by atoms with van der Waals surface area (Å²) in [4.78, 5) is 3.30. The molecule has 2 atom stereocenters. The van der Waals surface area contributed by atoms with Crippen molar-refractivity contribution in [1.29, 1.82) is 0 Å². The summed E-state index contributed by atoms with van der Waals surface area (Å²) in [6.07, 6.45) is 2.18. The molecule has 0 spiro atoms. The molecule has 3 rings (SSSR count). The van der Waals surface area contributed by atoms with E-state index in [1.165, 1.54) is 16.9 Å². The topological polar surface area (TPSA) is 68.3 Å². The molecule has 4 heteroatoms. The van der Waals surface area contributed by atoms with Gasteiger partial charge in [-0.3, -0.25) is 0 Å². The SMILES string of the molecule is C[C](CNC(CO)C(O)c1ccccc1)Cc1c[nH]c2ccccc12. The Morgan fingerprint density at radius 2 is 1.80 bits per heavy atom. The second kappa shape index (κ2) is 8.30. The van der Waals surface area contributed by atoms with Crippen molar-refractivity contribution in [2.45, 2.75) is 25.5 Å². The van der Waals surface area contributed by atoms with Gasteiger partial charge in [-0.15, -0.1) is 0 Å². The number of hydrogen-bond donors (Lipinski definition) is 4. The van der Waals surface area contributed by atoms with E-state index < -0.39 is 6.10 Å². The van der Waals surface area contributed by atoms with Crippen molar-refractivity contribution in [3.63, 3.8) is 0 Å². The molecule has 1 heterocycles. The zero-order valence-electron chi connectivity index (χ0n) is 14.4. The van der Waals surface area contributed by atoms with E-state index in [1.54, 1.807) is 0 Å². The van der Waals surface area contributed by atoms with Crippen LogP contribution in [0.15, 0.2) is 60.8 Å². The standard InChI is InChI=1S/C21H25N2O2/c1-15(11-17-13-23-19-10-6-5-9-18(17)19)12-22-20(14-24)21(25)16-7-3-2-4-8-16/h2-10,13,20-25H,11-12,14H2,1H3. The number of aliphatic hydroxyl groups excluding tert-OH is 2. The van der Waals surface area contributed by atoms with Crippen LogP contribution in [0.2, 0.25) is 0 Å². The molecular weight excluding hydrogens is 312 g/mol. The van der Waals surface area contributed by atoms with Gasteiger partial charge in [0.25, 0.3) is 0 Å². The van der Waals surface area contributed by atoms with Gasteiger partial charge in [-0.1, -0.05) is 55.5 Å². The summed E-state index contributed by atoms with van der Waals surface area (Å²) in [7, 11) is 0. The number of para-hydroxylation sites is 1. The van der Waals surface area contributed by atoms with E-state index in [9.17, 15) is 10.2 Å². The zero-order chi connectivity index (χ0) is 17.6. The lowest BCUT2D eigenvalue weighted by atomic mass is 9.98. The van der Waals surface area contributed by atoms with Crippen molar-refractivity contribution < 1.29 is 10.2 Å². The van der Waals surface area contributed by atoms with Crippen LogP contribution in [-0.4, -0.2) is 34.4 Å². The molecule has 2 unspecified atom stereocenters. The summed E-state index contributed by atoms with van der Waals surface area (Å²) in [5, 5.41) is 24.6. The first-order chi connectivity index (χ1) is 12.2. The van der Waals surface area contributed by atoms with E-state index in [0.717, 1.165) is 17.5 Å². The first-order valence-corrected chi connectivity index (χ1v) is 8.62. The normalized spacial score (nSPS) is 14.1. The molecular formula is C21H25N2O2. The Bertz CT molecular complexity index is 785. The van der Waals surface area contributed by atoms with Crippen LogP contribution in [0.3, 0.4) is 0 Å². The molecule has 1 radical (unpaired) electrons. The smallest absolute Gasteiger partial charge is 0.0965 e. The molecule has 0 saturated carbocycles. The average Bonchev–Trinajstić information content (AvgIpc) is 3.06. The second-order valence-corrected chi connectivity index (χ2v) is 6.52. The van der Waals surface area contributed by atoms with Crippen molar-refractivity contribution in [2.24, 2.45) is 0 Å². The third kappa shape index (κ3) is 4.28. The number of benzene rings is 2. The Hall–Kier alpha value is -2.14. The minimum absolute atomic E-state index is 0.115. The van der Waals surface area contributed by atoms with E-state index in [4.69, 9.17) is 0 Å². The summed E-state index contributed by atoms with van der Waals surface area (Å²) in [5.74, 6) is 1.25. The Balaban J connectivity index is 1.58. The number of rotatable bonds is 8. The number of hydrogen-bond acceptors (Lipinski definition) is 3. The third-order valence-corrected chi connectivity index (χ3v) is 4.55. The Morgan fingerprint density at radius 3 is 2.56 bits per heavy atom. The minimum Gasteiger partial charge on any atom is -0.395 e. The fourth-order valence-corrected chi connectivity index (χ4v) is 3.13. The van der Waals surface area contributed by atoms with Gasteiger partial charge in [-0.25, -0.2) is 0 Å². The van der Waals surface area contributed by atoms with Crippen LogP contribution >= 0.6 is 0 Å². The monoisotopic (exact) mass is 337 g/mol. The molecule has 2 aromatic carbocycles. The van der Waals surface area contributed by atoms with Crippen molar-refractivity contribution in [3.8, 4) is 0 Å². The lowest BCUT2D eigenvalue weighted by Gasteiger charge is -2.24. The van der Waals surface area contributed by atoms with Gasteiger partial charge >= 0.3 is 0 Å². The van der Waals surface area contributed by atoms with Crippen molar-refractivity contribution in [2.75, 3.05) is 13.2 Å². The second-order valence-electron chi connectivity index (χ2n) is 6.52. The summed E-state index contributed by atoms with van der Waals surface area (Å²) < 4.78 is 0. The molecule has 0 bridgehead atoms. The number of H-pyrrole nitrogens is 1. The maximum absolute atomic E-state index is 10.5. The highest BCUT2D eigenvalue weighted by atomic mass is 16.3. The number of aromatic amines is 1. The van der Waals surface area contributed by atoms with Crippen molar-refractivity contribution in [3.05, 3.63) is 77.8 Å². The van der Waals surface area contributed by atoms with Gasteiger partial charge in [0.1, 0.15) is 0 Å². The van der Waals surface area contributed by atoms with Crippen molar-refractivity contribution in [1.82, 2.24) is 10.3 Å². The number of aromatic nitrogens is 1. The van der Waals surface area contributed by atoms with Crippen LogP contribution in [0.4, 0.5) is 0 Å². The van der Waals surface area contributed by atoms with Crippen molar-refractivity contribution >= 4 is 10.9 Å². The predicted octanol–water partition coefficient (Wildman–Crippen LogP) is 2.99. The Kier molecular flexibility index (Phi) is 5.87. The maximum atomic E-state index is 10.5. The van der Waals surface area contributed by atoms with Crippen LogP contribution in [-0.2, 0) is 6.42 Å². The predicted molar refractivity (Wildman–Crippen MR) is 101 cm³/mol. The number of aliphatic hydroxyl groups is 2. The first-order valence-electron chi connectivity index (χ1n) is 8.62. The lowest BCUT2D eigenvalue weighted by Crippen LogP contribution is -2.40. The Morgan fingerprint density at radius 1 is 1.08 bits per heavy atom. The molecule has 3 aromatic rings. The van der Waals surface area contributed by atoms with E-state index in [0.29, 0.717) is 6.54 Å². The van der Waals surface area contributed by atoms with Gasteiger partial charge in [0.05, 0.1) is 18.8 Å². The molecule has 0 saturated heterocycles. The van der Waals surface area contributed by atoms with E-state index in [-0.39, 0.29) is 12.6 Å². The molecule has 0 fully saturated rings. The summed E-state index contributed by atoms with van der Waals surface area (Å²) in [6, 6.07) is 17.3. The highest BCUT2D eigenvalue weighted by Gasteiger charge is 2.20. The number of nitrogens with one attached hydrogen (secondary N) is 2. The van der Waals surface area contributed by atoms with Crippen LogP contribution in [0.25, 0.3) is 10.9 Å². The fourth-order valence-electron chi connectivity index (χ4n) is 3.13. The van der Waals surface area contributed by atoms with Gasteiger partial charge < -0.3 is 20.5 Å². The third-order valence-electron chi connectivity index (χ3n) is 4.55.